The van der Waals surface area contributed by atoms with E-state index in [4.69, 9.17) is 4.74 Å². The molecule has 5 nitrogen and oxygen atoms in total. The Morgan fingerprint density at radius 3 is 2.43 bits per heavy atom. The predicted octanol–water partition coefficient (Wildman–Crippen LogP) is 3.87. The molecule has 0 saturated carbocycles. The lowest BCUT2D eigenvalue weighted by atomic mass is 10.0. The molecule has 0 spiro atoms. The smallest absolute Gasteiger partial charge is 0.416 e. The van der Waals surface area contributed by atoms with E-state index >= 15 is 0 Å². The van der Waals surface area contributed by atoms with E-state index in [0.29, 0.717) is 12.0 Å². The first-order chi connectivity index (χ1) is 12.7. The van der Waals surface area contributed by atoms with Crippen LogP contribution in [0.1, 0.15) is 37.8 Å². The molecule has 0 unspecified atom stereocenters. The van der Waals surface area contributed by atoms with Crippen molar-refractivity contribution in [3.05, 3.63) is 29.3 Å². The summed E-state index contributed by atoms with van der Waals surface area (Å²) >= 11 is 0. The number of piperidine rings is 1. The molecule has 28 heavy (non-hydrogen) atoms. The van der Waals surface area contributed by atoms with Crippen LogP contribution in [0.5, 0.6) is 5.75 Å². The average molecular weight is 514 g/mol. The van der Waals surface area contributed by atoms with Crippen LogP contribution >= 0.6 is 24.0 Å². The molecule has 1 aromatic rings. The number of aliphatic imine (C=N–C) groups is 1. The van der Waals surface area contributed by atoms with Gasteiger partial charge in [0.05, 0.1) is 12.7 Å². The van der Waals surface area contributed by atoms with Crippen LogP contribution in [0.25, 0.3) is 0 Å². The van der Waals surface area contributed by atoms with E-state index in [2.05, 4.69) is 34.4 Å². The largest absolute Gasteiger partial charge is 0.497 e. The molecule has 0 atom stereocenters. The molecule has 2 rings (SSSR count). The van der Waals surface area contributed by atoms with E-state index in [-0.39, 0.29) is 47.9 Å². The fourth-order valence-electron chi connectivity index (χ4n) is 3.23. The molecule has 9 heteroatoms. The van der Waals surface area contributed by atoms with Gasteiger partial charge in [-0.1, -0.05) is 6.07 Å². The van der Waals surface area contributed by atoms with Crippen molar-refractivity contribution in [2.45, 2.75) is 51.5 Å². The SMILES string of the molecule is CN=C(NCc1ccc(OC)cc1C(F)(F)F)NC1CCN(C(C)C)CC1.I. The Bertz CT molecular complexity index is 645. The number of nitrogens with zero attached hydrogens (tertiary/aromatic N) is 2. The Kier molecular flexibility index (Phi) is 9.82. The van der Waals surface area contributed by atoms with Crippen molar-refractivity contribution < 1.29 is 17.9 Å². The van der Waals surface area contributed by atoms with Gasteiger partial charge in [-0.25, -0.2) is 0 Å². The molecule has 2 N–H and O–H groups in total. The minimum atomic E-state index is -4.44. The normalized spacial score (nSPS) is 16.6. The van der Waals surface area contributed by atoms with E-state index in [1.165, 1.54) is 19.2 Å². The van der Waals surface area contributed by atoms with Crippen molar-refractivity contribution in [1.82, 2.24) is 15.5 Å². The molecule has 1 heterocycles. The van der Waals surface area contributed by atoms with Crippen molar-refractivity contribution in [3.8, 4) is 5.75 Å². The fourth-order valence-corrected chi connectivity index (χ4v) is 3.23. The minimum Gasteiger partial charge on any atom is -0.497 e. The molecule has 1 aliphatic rings. The summed E-state index contributed by atoms with van der Waals surface area (Å²) in [6, 6.07) is 4.78. The lowest BCUT2D eigenvalue weighted by molar-refractivity contribution is -0.138. The number of methoxy groups -OCH3 is 1. The van der Waals surface area contributed by atoms with Crippen LogP contribution in [0.15, 0.2) is 23.2 Å². The summed E-state index contributed by atoms with van der Waals surface area (Å²) in [6.07, 6.45) is -2.48. The number of benzene rings is 1. The second-order valence-corrected chi connectivity index (χ2v) is 6.99. The first-order valence-corrected chi connectivity index (χ1v) is 9.20. The second-order valence-electron chi connectivity index (χ2n) is 6.99. The van der Waals surface area contributed by atoms with Gasteiger partial charge in [0.1, 0.15) is 5.75 Å². The first kappa shape index (κ1) is 24.8. The third kappa shape index (κ3) is 6.98. The molecule has 0 amide bonds. The van der Waals surface area contributed by atoms with Gasteiger partial charge in [-0.2, -0.15) is 13.2 Å². The zero-order valence-electron chi connectivity index (χ0n) is 16.8. The molecule has 1 saturated heterocycles. The highest BCUT2D eigenvalue weighted by molar-refractivity contribution is 14.0. The van der Waals surface area contributed by atoms with Crippen LogP contribution in [0.3, 0.4) is 0 Å². The zero-order chi connectivity index (χ0) is 20.0. The maximum atomic E-state index is 13.3. The third-order valence-electron chi connectivity index (χ3n) is 4.89. The van der Waals surface area contributed by atoms with Gasteiger partial charge in [0, 0.05) is 38.8 Å². The Labute approximate surface area is 182 Å². The topological polar surface area (TPSA) is 48.9 Å². The van der Waals surface area contributed by atoms with Crippen LogP contribution in [-0.2, 0) is 12.7 Å². The number of alkyl halides is 3. The van der Waals surface area contributed by atoms with Gasteiger partial charge in [-0.3, -0.25) is 4.99 Å². The lowest BCUT2D eigenvalue weighted by Crippen LogP contribution is -2.49. The number of halogens is 4. The summed E-state index contributed by atoms with van der Waals surface area (Å²) in [5, 5.41) is 6.32. The van der Waals surface area contributed by atoms with Crippen LogP contribution in [-0.4, -0.2) is 50.2 Å². The molecular weight excluding hydrogens is 484 g/mol. The van der Waals surface area contributed by atoms with Crippen molar-refractivity contribution in [2.24, 2.45) is 4.99 Å². The first-order valence-electron chi connectivity index (χ1n) is 9.20. The number of likely N-dealkylation sites (tertiary alicyclic amines) is 1. The highest BCUT2D eigenvalue weighted by atomic mass is 127. The van der Waals surface area contributed by atoms with Gasteiger partial charge in [-0.15, -0.1) is 24.0 Å². The number of ether oxygens (including phenoxy) is 1. The van der Waals surface area contributed by atoms with Crippen LogP contribution in [0.4, 0.5) is 13.2 Å². The summed E-state index contributed by atoms with van der Waals surface area (Å²) in [7, 11) is 2.97. The maximum absolute atomic E-state index is 13.3. The predicted molar refractivity (Wildman–Crippen MR) is 116 cm³/mol. The van der Waals surface area contributed by atoms with Gasteiger partial charge < -0.3 is 20.3 Å². The van der Waals surface area contributed by atoms with Crippen LogP contribution in [0, 0.1) is 0 Å². The number of hydrogen-bond donors (Lipinski definition) is 2. The average Bonchev–Trinajstić information content (AvgIpc) is 2.64. The van der Waals surface area contributed by atoms with Crippen LogP contribution in [0.2, 0.25) is 0 Å². The van der Waals surface area contributed by atoms with E-state index in [0.717, 1.165) is 32.0 Å². The molecule has 0 bridgehead atoms. The van der Waals surface area contributed by atoms with Crippen molar-refractivity contribution in [1.29, 1.82) is 0 Å². The monoisotopic (exact) mass is 514 g/mol. The second kappa shape index (κ2) is 11.1. The van der Waals surface area contributed by atoms with E-state index in [9.17, 15) is 13.2 Å². The Morgan fingerprint density at radius 1 is 1.29 bits per heavy atom. The molecule has 0 radical (unpaired) electrons. The molecule has 0 aromatic heterocycles. The Hall–Kier alpha value is -1.23. The van der Waals surface area contributed by atoms with Gasteiger partial charge in [0.15, 0.2) is 5.96 Å². The number of rotatable bonds is 5. The molecule has 1 aliphatic heterocycles. The molecule has 1 aromatic carbocycles. The van der Waals surface area contributed by atoms with E-state index < -0.39 is 11.7 Å². The molecule has 0 aliphatic carbocycles. The Balaban J connectivity index is 0.00000392. The van der Waals surface area contributed by atoms with Gasteiger partial charge in [-0.05, 0) is 44.4 Å². The number of guanidine groups is 1. The zero-order valence-corrected chi connectivity index (χ0v) is 19.1. The number of hydrogen-bond acceptors (Lipinski definition) is 3. The Morgan fingerprint density at radius 2 is 1.93 bits per heavy atom. The van der Waals surface area contributed by atoms with E-state index in [1.807, 2.05) is 0 Å². The summed E-state index contributed by atoms with van der Waals surface area (Å²) in [6.45, 7) is 6.40. The number of nitrogens with one attached hydrogen (secondary N) is 2. The molecular formula is C19H30F3IN4O. The van der Waals surface area contributed by atoms with Crippen molar-refractivity contribution >= 4 is 29.9 Å². The third-order valence-corrected chi connectivity index (χ3v) is 4.89. The van der Waals surface area contributed by atoms with Gasteiger partial charge in [0.25, 0.3) is 0 Å². The minimum absolute atomic E-state index is 0. The molecule has 160 valence electrons. The standard InChI is InChI=1S/C19H29F3N4O.HI/c1-13(2)26-9-7-15(8-10-26)25-18(23-3)24-12-14-5-6-16(27-4)11-17(14)19(20,21)22;/h5-6,11,13,15H,7-10,12H2,1-4H3,(H2,23,24,25);1H. The highest BCUT2D eigenvalue weighted by Gasteiger charge is 2.33. The summed E-state index contributed by atoms with van der Waals surface area (Å²) in [4.78, 5) is 6.57. The maximum Gasteiger partial charge on any atom is 0.416 e. The van der Waals surface area contributed by atoms with Gasteiger partial charge in [0.2, 0.25) is 0 Å². The summed E-state index contributed by atoms with van der Waals surface area (Å²) in [5.41, 5.74) is -0.545. The van der Waals surface area contributed by atoms with Gasteiger partial charge >= 0.3 is 6.18 Å². The molecule has 1 fully saturated rings. The lowest BCUT2D eigenvalue weighted by Gasteiger charge is -2.35. The van der Waals surface area contributed by atoms with Crippen molar-refractivity contribution in [3.63, 3.8) is 0 Å². The summed E-state index contributed by atoms with van der Waals surface area (Å²) < 4.78 is 44.9. The fraction of sp³-hybridized carbons (Fsp3) is 0.632. The van der Waals surface area contributed by atoms with E-state index in [1.54, 1.807) is 7.05 Å². The van der Waals surface area contributed by atoms with Crippen molar-refractivity contribution in [2.75, 3.05) is 27.2 Å². The highest BCUT2D eigenvalue weighted by Crippen LogP contribution is 2.34. The van der Waals surface area contributed by atoms with Crippen LogP contribution < -0.4 is 15.4 Å². The summed E-state index contributed by atoms with van der Waals surface area (Å²) in [5.74, 6) is 0.701. The quantitative estimate of drug-likeness (QED) is 0.356.